The third-order valence-electron chi connectivity index (χ3n) is 4.23. The van der Waals surface area contributed by atoms with Crippen LogP contribution in [0.4, 0.5) is 0 Å². The quantitative estimate of drug-likeness (QED) is 0.452. The van der Waals surface area contributed by atoms with E-state index in [0.717, 1.165) is 36.7 Å². The molecule has 0 amide bonds. The van der Waals surface area contributed by atoms with Crippen LogP contribution in [0.2, 0.25) is 0 Å². The molecule has 0 spiro atoms. The van der Waals surface area contributed by atoms with Gasteiger partial charge in [-0.05, 0) is 24.6 Å². The second-order valence-corrected chi connectivity index (χ2v) is 7.63. The van der Waals surface area contributed by atoms with Gasteiger partial charge in [0.1, 0.15) is 0 Å². The summed E-state index contributed by atoms with van der Waals surface area (Å²) in [6.45, 7) is 8.42. The molecular weight excluding hydrogens is 388 g/mol. The molecule has 0 radical (unpaired) electrons. The molecule has 2 aromatic rings. The predicted molar refractivity (Wildman–Crippen MR) is 119 cm³/mol. The monoisotopic (exact) mass is 420 g/mol. The summed E-state index contributed by atoms with van der Waals surface area (Å²) in [5, 5.41) is 9.97. The first kappa shape index (κ1) is 22.8. The highest BCUT2D eigenvalue weighted by molar-refractivity contribution is 7.09. The zero-order valence-electron chi connectivity index (χ0n) is 18.2. The van der Waals surface area contributed by atoms with Crippen LogP contribution in [0.25, 0.3) is 0 Å². The molecule has 8 heteroatoms. The Morgan fingerprint density at radius 2 is 1.79 bits per heavy atom. The van der Waals surface area contributed by atoms with E-state index in [2.05, 4.69) is 39.8 Å². The van der Waals surface area contributed by atoms with Gasteiger partial charge < -0.3 is 24.8 Å². The summed E-state index contributed by atoms with van der Waals surface area (Å²) in [5.74, 6) is 3.07. The largest absolute Gasteiger partial charge is 0.493 e. The molecule has 0 aliphatic rings. The van der Waals surface area contributed by atoms with Crippen molar-refractivity contribution in [1.82, 2.24) is 15.6 Å². The minimum atomic E-state index is 0.471. The lowest BCUT2D eigenvalue weighted by atomic mass is 10.2. The summed E-state index contributed by atoms with van der Waals surface area (Å²) in [6.07, 6.45) is 0.859. The number of ether oxygens (including phenoxy) is 3. The number of hydrogen-bond acceptors (Lipinski definition) is 6. The standard InChI is InChI=1S/C21H32N4O3S/c1-7-22-21(23-9-8-16-13-29-20(25-16)14(2)3)24-12-15-10-17(26-4)19(28-6)18(11-15)27-5/h10-11,13-14H,7-9,12H2,1-6H3,(H2,22,23,24). The first-order valence-electron chi connectivity index (χ1n) is 9.77. The fraction of sp³-hybridized carbons (Fsp3) is 0.524. The van der Waals surface area contributed by atoms with Gasteiger partial charge in [0.2, 0.25) is 5.75 Å². The Labute approximate surface area is 177 Å². The highest BCUT2D eigenvalue weighted by atomic mass is 32.1. The first-order chi connectivity index (χ1) is 14.0. The molecule has 0 fully saturated rings. The number of hydrogen-bond donors (Lipinski definition) is 2. The first-order valence-corrected chi connectivity index (χ1v) is 10.7. The Bertz CT molecular complexity index is 780. The van der Waals surface area contributed by atoms with Crippen LogP contribution >= 0.6 is 11.3 Å². The molecule has 0 atom stereocenters. The smallest absolute Gasteiger partial charge is 0.203 e. The van der Waals surface area contributed by atoms with E-state index in [4.69, 9.17) is 14.2 Å². The summed E-state index contributed by atoms with van der Waals surface area (Å²) in [4.78, 5) is 9.36. The Balaban J connectivity index is 2.02. The van der Waals surface area contributed by atoms with Crippen molar-refractivity contribution >= 4 is 17.3 Å². The van der Waals surface area contributed by atoms with Gasteiger partial charge in [0.05, 0.1) is 38.6 Å². The Kier molecular flexibility index (Phi) is 9.05. The number of thiazole rings is 1. The minimum Gasteiger partial charge on any atom is -0.493 e. The van der Waals surface area contributed by atoms with E-state index in [1.54, 1.807) is 32.7 Å². The van der Waals surface area contributed by atoms with Crippen LogP contribution in [-0.2, 0) is 13.0 Å². The van der Waals surface area contributed by atoms with Gasteiger partial charge in [-0.2, -0.15) is 0 Å². The summed E-state index contributed by atoms with van der Waals surface area (Å²) in [7, 11) is 4.82. The van der Waals surface area contributed by atoms with Crippen LogP contribution in [0, 0.1) is 0 Å². The molecule has 1 aromatic heterocycles. The van der Waals surface area contributed by atoms with E-state index < -0.39 is 0 Å². The Hall–Kier alpha value is -2.48. The van der Waals surface area contributed by atoms with Crippen molar-refractivity contribution in [3.05, 3.63) is 33.8 Å². The number of nitrogens with one attached hydrogen (secondary N) is 2. The highest BCUT2D eigenvalue weighted by Crippen LogP contribution is 2.38. The van der Waals surface area contributed by atoms with Crippen molar-refractivity contribution in [3.63, 3.8) is 0 Å². The fourth-order valence-corrected chi connectivity index (χ4v) is 3.62. The lowest BCUT2D eigenvalue weighted by Crippen LogP contribution is -2.38. The molecule has 1 heterocycles. The third-order valence-corrected chi connectivity index (χ3v) is 5.42. The van der Waals surface area contributed by atoms with E-state index in [1.807, 2.05) is 19.1 Å². The number of guanidine groups is 1. The number of rotatable bonds is 10. The molecule has 0 aliphatic heterocycles. The van der Waals surface area contributed by atoms with Gasteiger partial charge in [0.25, 0.3) is 0 Å². The third kappa shape index (κ3) is 6.52. The second kappa shape index (κ2) is 11.5. The van der Waals surface area contributed by atoms with Crippen LogP contribution in [0.15, 0.2) is 22.5 Å². The normalized spacial score (nSPS) is 11.5. The molecule has 0 saturated carbocycles. The average molecular weight is 421 g/mol. The van der Waals surface area contributed by atoms with Crippen LogP contribution < -0.4 is 24.8 Å². The maximum Gasteiger partial charge on any atom is 0.203 e. The molecule has 1 aromatic carbocycles. The van der Waals surface area contributed by atoms with Gasteiger partial charge >= 0.3 is 0 Å². The number of nitrogens with zero attached hydrogens (tertiary/aromatic N) is 2. The highest BCUT2D eigenvalue weighted by Gasteiger charge is 2.13. The van der Waals surface area contributed by atoms with Crippen molar-refractivity contribution in [1.29, 1.82) is 0 Å². The van der Waals surface area contributed by atoms with Gasteiger partial charge in [0.15, 0.2) is 17.5 Å². The second-order valence-electron chi connectivity index (χ2n) is 6.74. The topological polar surface area (TPSA) is 77.0 Å². The molecule has 7 nitrogen and oxygen atoms in total. The minimum absolute atomic E-state index is 0.471. The molecule has 2 N–H and O–H groups in total. The van der Waals surface area contributed by atoms with Crippen LogP contribution in [0.5, 0.6) is 17.2 Å². The number of aliphatic imine (C=N–C) groups is 1. The van der Waals surface area contributed by atoms with Crippen molar-refractivity contribution in [3.8, 4) is 17.2 Å². The summed E-state index contributed by atoms with van der Waals surface area (Å²) >= 11 is 1.73. The van der Waals surface area contributed by atoms with E-state index in [-0.39, 0.29) is 0 Å². The molecule has 2 rings (SSSR count). The molecule has 0 unspecified atom stereocenters. The van der Waals surface area contributed by atoms with Gasteiger partial charge in [0, 0.05) is 30.8 Å². The van der Waals surface area contributed by atoms with Gasteiger partial charge in [-0.1, -0.05) is 13.8 Å². The number of aromatic nitrogens is 1. The molecule has 0 bridgehead atoms. The van der Waals surface area contributed by atoms with Crippen molar-refractivity contribution in [2.24, 2.45) is 4.99 Å². The zero-order valence-corrected chi connectivity index (χ0v) is 19.0. The molecule has 160 valence electrons. The maximum absolute atomic E-state index is 5.42. The predicted octanol–water partition coefficient (Wildman–Crippen LogP) is 3.59. The zero-order chi connectivity index (χ0) is 21.2. The van der Waals surface area contributed by atoms with Crippen LogP contribution in [0.3, 0.4) is 0 Å². The maximum atomic E-state index is 5.42. The fourth-order valence-electron chi connectivity index (χ4n) is 2.75. The van der Waals surface area contributed by atoms with E-state index in [9.17, 15) is 0 Å². The van der Waals surface area contributed by atoms with E-state index in [0.29, 0.717) is 29.7 Å². The number of methoxy groups -OCH3 is 3. The average Bonchev–Trinajstić information content (AvgIpc) is 3.20. The van der Waals surface area contributed by atoms with Gasteiger partial charge in [-0.15, -0.1) is 11.3 Å². The lowest BCUT2D eigenvalue weighted by Gasteiger charge is -2.14. The summed E-state index contributed by atoms with van der Waals surface area (Å²) in [5.41, 5.74) is 2.09. The summed E-state index contributed by atoms with van der Waals surface area (Å²) in [6, 6.07) is 3.83. The SMILES string of the molecule is CCNC(=NCc1cc(OC)c(OC)c(OC)c1)NCCc1csc(C(C)C)n1. The number of benzene rings is 1. The molecule has 0 aliphatic carbocycles. The Morgan fingerprint density at radius 3 is 2.31 bits per heavy atom. The lowest BCUT2D eigenvalue weighted by molar-refractivity contribution is 0.324. The van der Waals surface area contributed by atoms with Gasteiger partial charge in [-0.25, -0.2) is 9.98 Å². The molecular formula is C21H32N4O3S. The molecule has 29 heavy (non-hydrogen) atoms. The van der Waals surface area contributed by atoms with Crippen molar-refractivity contribution in [2.75, 3.05) is 34.4 Å². The summed E-state index contributed by atoms with van der Waals surface area (Å²) < 4.78 is 16.2. The van der Waals surface area contributed by atoms with Gasteiger partial charge in [-0.3, -0.25) is 0 Å². The molecule has 0 saturated heterocycles. The van der Waals surface area contributed by atoms with E-state index >= 15 is 0 Å². The van der Waals surface area contributed by atoms with E-state index in [1.165, 1.54) is 5.01 Å². The van der Waals surface area contributed by atoms with Crippen molar-refractivity contribution in [2.45, 2.75) is 39.7 Å². The van der Waals surface area contributed by atoms with Crippen LogP contribution in [0.1, 0.15) is 43.0 Å². The van der Waals surface area contributed by atoms with Crippen molar-refractivity contribution < 1.29 is 14.2 Å². The Morgan fingerprint density at radius 1 is 1.10 bits per heavy atom. The van der Waals surface area contributed by atoms with Crippen LogP contribution in [-0.4, -0.2) is 45.4 Å².